The van der Waals surface area contributed by atoms with Gasteiger partial charge in [-0.05, 0) is 44.2 Å². The summed E-state index contributed by atoms with van der Waals surface area (Å²) in [5.41, 5.74) is 1.33. The van der Waals surface area contributed by atoms with Gasteiger partial charge in [-0.15, -0.1) is 11.3 Å². The van der Waals surface area contributed by atoms with Crippen molar-refractivity contribution in [3.05, 3.63) is 21.4 Å². The van der Waals surface area contributed by atoms with Crippen molar-refractivity contribution >= 4 is 23.2 Å². The Bertz CT molecular complexity index is 444. The fourth-order valence-corrected chi connectivity index (χ4v) is 3.37. The summed E-state index contributed by atoms with van der Waals surface area (Å²) in [7, 11) is 0. The van der Waals surface area contributed by atoms with E-state index < -0.39 is 0 Å². The molecule has 1 N–H and O–H groups in total. The van der Waals surface area contributed by atoms with Crippen LogP contribution in [0.5, 0.6) is 0 Å². The van der Waals surface area contributed by atoms with E-state index in [2.05, 4.69) is 5.32 Å². The molecule has 19 heavy (non-hydrogen) atoms. The monoisotopic (exact) mass is 281 g/mol. The van der Waals surface area contributed by atoms with Crippen LogP contribution >= 0.6 is 11.3 Å². The Morgan fingerprint density at radius 3 is 2.89 bits per heavy atom. The maximum absolute atomic E-state index is 11.9. The largest absolute Gasteiger partial charge is 0.466 e. The predicted octanol–water partition coefficient (Wildman–Crippen LogP) is 2.31. The van der Waals surface area contributed by atoms with Crippen LogP contribution < -0.4 is 5.32 Å². The summed E-state index contributed by atoms with van der Waals surface area (Å²) in [4.78, 5) is 25.2. The zero-order valence-corrected chi connectivity index (χ0v) is 12.0. The number of hydrogen-bond acceptors (Lipinski definition) is 4. The second-order valence-corrected chi connectivity index (χ2v) is 5.71. The van der Waals surface area contributed by atoms with Crippen LogP contribution in [0.15, 0.2) is 6.07 Å². The molecule has 0 unspecified atom stereocenters. The SMILES string of the molecule is CCOC(=O)CCNC(=O)c1cc2c(s1)CCCC2. The molecule has 1 aliphatic rings. The van der Waals surface area contributed by atoms with Gasteiger partial charge in [-0.2, -0.15) is 0 Å². The highest BCUT2D eigenvalue weighted by Crippen LogP contribution is 2.29. The van der Waals surface area contributed by atoms with E-state index in [-0.39, 0.29) is 18.3 Å². The summed E-state index contributed by atoms with van der Waals surface area (Å²) < 4.78 is 4.81. The minimum absolute atomic E-state index is 0.0799. The van der Waals surface area contributed by atoms with E-state index in [1.165, 1.54) is 23.3 Å². The normalized spacial score (nSPS) is 13.7. The lowest BCUT2D eigenvalue weighted by molar-refractivity contribution is -0.142. The lowest BCUT2D eigenvalue weighted by Gasteiger charge is -2.08. The summed E-state index contributed by atoms with van der Waals surface area (Å²) in [6, 6.07) is 2.00. The van der Waals surface area contributed by atoms with Gasteiger partial charge < -0.3 is 10.1 Å². The minimum atomic E-state index is -0.270. The van der Waals surface area contributed by atoms with Gasteiger partial charge in [0.1, 0.15) is 0 Å². The number of hydrogen-bond donors (Lipinski definition) is 1. The Labute approximate surface area is 117 Å². The molecule has 5 heteroatoms. The fourth-order valence-electron chi connectivity index (χ4n) is 2.20. The van der Waals surface area contributed by atoms with Crippen molar-refractivity contribution in [2.45, 2.75) is 39.0 Å². The molecule has 0 radical (unpaired) electrons. The highest BCUT2D eigenvalue weighted by molar-refractivity contribution is 7.14. The number of thiophene rings is 1. The van der Waals surface area contributed by atoms with Gasteiger partial charge in [0, 0.05) is 11.4 Å². The molecule has 2 rings (SSSR count). The number of fused-ring (bicyclic) bond motifs is 1. The van der Waals surface area contributed by atoms with Gasteiger partial charge in [-0.25, -0.2) is 0 Å². The van der Waals surface area contributed by atoms with Crippen LogP contribution in [0.3, 0.4) is 0 Å². The van der Waals surface area contributed by atoms with E-state index in [0.717, 1.165) is 17.7 Å². The predicted molar refractivity (Wildman–Crippen MR) is 74.5 cm³/mol. The van der Waals surface area contributed by atoms with E-state index in [1.807, 2.05) is 6.07 Å². The molecule has 1 aliphatic carbocycles. The van der Waals surface area contributed by atoms with Crippen LogP contribution in [-0.2, 0) is 22.4 Å². The van der Waals surface area contributed by atoms with Crippen molar-refractivity contribution in [2.75, 3.05) is 13.2 Å². The van der Waals surface area contributed by atoms with Gasteiger partial charge in [0.2, 0.25) is 0 Å². The first kappa shape index (κ1) is 14.1. The number of aryl methyl sites for hydroxylation is 2. The van der Waals surface area contributed by atoms with Crippen LogP contribution in [0.25, 0.3) is 0 Å². The first-order chi connectivity index (χ1) is 9.20. The third-order valence-electron chi connectivity index (χ3n) is 3.14. The Hall–Kier alpha value is -1.36. The van der Waals surface area contributed by atoms with E-state index >= 15 is 0 Å². The van der Waals surface area contributed by atoms with Crippen LogP contribution in [0.2, 0.25) is 0 Å². The first-order valence-electron chi connectivity index (χ1n) is 6.76. The number of rotatable bonds is 5. The van der Waals surface area contributed by atoms with Gasteiger partial charge in [-0.1, -0.05) is 0 Å². The molecule has 104 valence electrons. The summed E-state index contributed by atoms with van der Waals surface area (Å²) in [5.74, 6) is -0.350. The first-order valence-corrected chi connectivity index (χ1v) is 7.57. The zero-order valence-electron chi connectivity index (χ0n) is 11.2. The Kier molecular flexibility index (Phi) is 4.96. The summed E-state index contributed by atoms with van der Waals surface area (Å²) in [6.07, 6.45) is 4.84. The van der Waals surface area contributed by atoms with Crippen LogP contribution in [0.1, 0.15) is 46.3 Å². The molecule has 0 aliphatic heterocycles. The molecular weight excluding hydrogens is 262 g/mol. The molecular formula is C14H19NO3S. The van der Waals surface area contributed by atoms with Gasteiger partial charge in [0.15, 0.2) is 0 Å². The molecule has 0 spiro atoms. The van der Waals surface area contributed by atoms with E-state index in [1.54, 1.807) is 18.3 Å². The van der Waals surface area contributed by atoms with Crippen LogP contribution in [0, 0.1) is 0 Å². The highest BCUT2D eigenvalue weighted by atomic mass is 32.1. The summed E-state index contributed by atoms with van der Waals surface area (Å²) in [5, 5.41) is 2.77. The molecule has 1 aromatic rings. The second-order valence-electron chi connectivity index (χ2n) is 4.58. The zero-order chi connectivity index (χ0) is 13.7. The molecule has 0 saturated carbocycles. The molecule has 1 amide bonds. The summed E-state index contributed by atoms with van der Waals surface area (Å²) >= 11 is 1.58. The standard InChI is InChI=1S/C14H19NO3S/c1-2-18-13(16)7-8-15-14(17)12-9-10-5-3-4-6-11(10)19-12/h9H,2-8H2,1H3,(H,15,17). The molecule has 0 fully saturated rings. The number of ether oxygens (including phenoxy) is 1. The smallest absolute Gasteiger partial charge is 0.307 e. The van der Waals surface area contributed by atoms with Crippen LogP contribution in [-0.4, -0.2) is 25.0 Å². The maximum Gasteiger partial charge on any atom is 0.307 e. The van der Waals surface area contributed by atoms with Crippen molar-refractivity contribution in [3.8, 4) is 0 Å². The molecule has 4 nitrogen and oxygen atoms in total. The number of nitrogens with one attached hydrogen (secondary N) is 1. The number of esters is 1. The van der Waals surface area contributed by atoms with E-state index in [4.69, 9.17) is 4.74 Å². The van der Waals surface area contributed by atoms with Crippen molar-refractivity contribution in [1.82, 2.24) is 5.32 Å². The van der Waals surface area contributed by atoms with Crippen molar-refractivity contribution in [1.29, 1.82) is 0 Å². The number of amides is 1. The quantitative estimate of drug-likeness (QED) is 0.843. The Morgan fingerprint density at radius 1 is 1.37 bits per heavy atom. The molecule has 0 atom stereocenters. The topological polar surface area (TPSA) is 55.4 Å². The molecule has 0 saturated heterocycles. The number of carbonyl (C=O) groups is 2. The maximum atomic E-state index is 11.9. The summed E-state index contributed by atoms with van der Waals surface area (Å²) in [6.45, 7) is 2.48. The third kappa shape index (κ3) is 3.80. The lowest BCUT2D eigenvalue weighted by Crippen LogP contribution is -2.25. The molecule has 1 heterocycles. The van der Waals surface area contributed by atoms with Gasteiger partial charge >= 0.3 is 5.97 Å². The van der Waals surface area contributed by atoms with Crippen molar-refractivity contribution < 1.29 is 14.3 Å². The molecule has 0 bridgehead atoms. The van der Waals surface area contributed by atoms with Gasteiger partial charge in [0.05, 0.1) is 17.9 Å². The Balaban J connectivity index is 1.83. The Morgan fingerprint density at radius 2 is 2.16 bits per heavy atom. The van der Waals surface area contributed by atoms with Crippen molar-refractivity contribution in [2.24, 2.45) is 0 Å². The van der Waals surface area contributed by atoms with Gasteiger partial charge in [0.25, 0.3) is 5.91 Å². The van der Waals surface area contributed by atoms with Crippen molar-refractivity contribution in [3.63, 3.8) is 0 Å². The average Bonchev–Trinajstić information content (AvgIpc) is 2.82. The molecule has 0 aromatic carbocycles. The third-order valence-corrected chi connectivity index (χ3v) is 4.38. The van der Waals surface area contributed by atoms with E-state index in [0.29, 0.717) is 13.2 Å². The van der Waals surface area contributed by atoms with Crippen LogP contribution in [0.4, 0.5) is 0 Å². The average molecular weight is 281 g/mol. The number of carbonyl (C=O) groups excluding carboxylic acids is 2. The minimum Gasteiger partial charge on any atom is -0.466 e. The molecule has 1 aromatic heterocycles. The second kappa shape index (κ2) is 6.70. The lowest BCUT2D eigenvalue weighted by atomic mass is 9.99. The fraction of sp³-hybridized carbons (Fsp3) is 0.571. The van der Waals surface area contributed by atoms with E-state index in [9.17, 15) is 9.59 Å². The highest BCUT2D eigenvalue weighted by Gasteiger charge is 2.17. The van der Waals surface area contributed by atoms with Gasteiger partial charge in [-0.3, -0.25) is 9.59 Å².